The van der Waals surface area contributed by atoms with E-state index < -0.39 is 11.7 Å². The Hall–Kier alpha value is -1.03. The van der Waals surface area contributed by atoms with Crippen molar-refractivity contribution in [2.45, 2.75) is 52.4 Å². The summed E-state index contributed by atoms with van der Waals surface area (Å²) in [4.78, 5) is 0. The second kappa shape index (κ2) is 5.40. The van der Waals surface area contributed by atoms with Crippen LogP contribution in [0.2, 0.25) is 0 Å². The summed E-state index contributed by atoms with van der Waals surface area (Å²) in [5.74, 6) is 0.611. The van der Waals surface area contributed by atoms with Gasteiger partial charge in [0.2, 0.25) is 0 Å². The van der Waals surface area contributed by atoms with Gasteiger partial charge in [-0.05, 0) is 41.9 Å². The lowest BCUT2D eigenvalue weighted by atomic mass is 9.91. The Morgan fingerprint density at radius 1 is 1.15 bits per heavy atom. The van der Waals surface area contributed by atoms with Crippen LogP contribution in [0, 0.1) is 11.3 Å². The number of hydrogen-bond donors (Lipinski definition) is 1. The van der Waals surface area contributed by atoms with E-state index in [2.05, 4.69) is 26.1 Å². The molecule has 0 heterocycles. The lowest BCUT2D eigenvalue weighted by molar-refractivity contribution is -0.137. The molecule has 4 heteroatoms. The molecule has 1 aromatic rings. The molecule has 1 fully saturated rings. The highest BCUT2D eigenvalue weighted by atomic mass is 19.4. The standard InChI is InChI=1S/C16H22F3N/c1-11-8-15(2,3)9-14(11)20-10-12-4-6-13(7-5-12)16(17,18)19/h4-7,11,14,20H,8-10H2,1-3H3. The van der Waals surface area contributed by atoms with Gasteiger partial charge in [-0.15, -0.1) is 0 Å². The van der Waals surface area contributed by atoms with E-state index in [4.69, 9.17) is 0 Å². The van der Waals surface area contributed by atoms with Crippen molar-refractivity contribution in [2.24, 2.45) is 11.3 Å². The van der Waals surface area contributed by atoms with Crippen LogP contribution in [0.1, 0.15) is 44.7 Å². The van der Waals surface area contributed by atoms with E-state index in [1.807, 2.05) is 0 Å². The molecule has 0 bridgehead atoms. The average Bonchev–Trinajstić information content (AvgIpc) is 2.59. The van der Waals surface area contributed by atoms with Crippen LogP contribution in [-0.4, -0.2) is 6.04 Å². The van der Waals surface area contributed by atoms with Crippen LogP contribution < -0.4 is 5.32 Å². The van der Waals surface area contributed by atoms with Gasteiger partial charge in [-0.3, -0.25) is 0 Å². The van der Waals surface area contributed by atoms with Gasteiger partial charge in [0.25, 0.3) is 0 Å². The molecule has 1 saturated carbocycles. The van der Waals surface area contributed by atoms with E-state index in [9.17, 15) is 13.2 Å². The minimum absolute atomic E-state index is 0.358. The predicted molar refractivity (Wildman–Crippen MR) is 74.3 cm³/mol. The molecule has 1 N–H and O–H groups in total. The summed E-state index contributed by atoms with van der Waals surface area (Å²) in [5, 5.41) is 3.48. The van der Waals surface area contributed by atoms with Crippen LogP contribution >= 0.6 is 0 Å². The Morgan fingerprint density at radius 3 is 2.20 bits per heavy atom. The van der Waals surface area contributed by atoms with Crippen molar-refractivity contribution in [2.75, 3.05) is 0 Å². The van der Waals surface area contributed by atoms with Crippen molar-refractivity contribution in [1.82, 2.24) is 5.32 Å². The Labute approximate surface area is 118 Å². The molecule has 0 saturated heterocycles. The van der Waals surface area contributed by atoms with Crippen LogP contribution in [0.25, 0.3) is 0 Å². The van der Waals surface area contributed by atoms with E-state index >= 15 is 0 Å². The Morgan fingerprint density at radius 2 is 1.75 bits per heavy atom. The zero-order valence-electron chi connectivity index (χ0n) is 12.2. The highest BCUT2D eigenvalue weighted by Gasteiger charge is 2.36. The fraction of sp³-hybridized carbons (Fsp3) is 0.625. The van der Waals surface area contributed by atoms with Gasteiger partial charge >= 0.3 is 6.18 Å². The molecule has 1 aliphatic rings. The van der Waals surface area contributed by atoms with E-state index in [0.717, 1.165) is 24.1 Å². The third kappa shape index (κ3) is 3.75. The minimum Gasteiger partial charge on any atom is -0.310 e. The van der Waals surface area contributed by atoms with Crippen molar-refractivity contribution in [3.63, 3.8) is 0 Å². The molecule has 2 unspecified atom stereocenters. The van der Waals surface area contributed by atoms with Crippen LogP contribution in [-0.2, 0) is 12.7 Å². The number of nitrogens with one attached hydrogen (secondary N) is 1. The highest BCUT2D eigenvalue weighted by Crippen LogP contribution is 2.40. The average molecular weight is 285 g/mol. The second-order valence-electron chi connectivity index (χ2n) is 6.73. The first-order chi connectivity index (χ1) is 9.17. The largest absolute Gasteiger partial charge is 0.416 e. The molecule has 1 nitrogen and oxygen atoms in total. The maximum Gasteiger partial charge on any atom is 0.416 e. The minimum atomic E-state index is -4.25. The number of hydrogen-bond acceptors (Lipinski definition) is 1. The number of rotatable bonds is 3. The highest BCUT2D eigenvalue weighted by molar-refractivity contribution is 5.24. The monoisotopic (exact) mass is 285 g/mol. The molecular formula is C16H22F3N. The molecule has 2 rings (SSSR count). The molecule has 0 aromatic heterocycles. The lowest BCUT2D eigenvalue weighted by Crippen LogP contribution is -2.31. The molecule has 1 aliphatic carbocycles. The van der Waals surface area contributed by atoms with Gasteiger partial charge in [-0.2, -0.15) is 13.2 Å². The third-order valence-corrected chi connectivity index (χ3v) is 4.18. The van der Waals surface area contributed by atoms with Gasteiger partial charge in [-0.1, -0.05) is 32.9 Å². The number of benzene rings is 1. The first-order valence-electron chi connectivity index (χ1n) is 7.07. The van der Waals surface area contributed by atoms with Crippen LogP contribution in [0.3, 0.4) is 0 Å². The number of halogens is 3. The van der Waals surface area contributed by atoms with Gasteiger partial charge in [0.15, 0.2) is 0 Å². The van der Waals surface area contributed by atoms with Crippen molar-refractivity contribution in [3.8, 4) is 0 Å². The first-order valence-corrected chi connectivity index (χ1v) is 7.07. The fourth-order valence-electron chi connectivity index (χ4n) is 3.23. The molecule has 0 spiro atoms. The van der Waals surface area contributed by atoms with Gasteiger partial charge in [0, 0.05) is 12.6 Å². The van der Waals surface area contributed by atoms with Crippen molar-refractivity contribution < 1.29 is 13.2 Å². The summed E-state index contributed by atoms with van der Waals surface area (Å²) >= 11 is 0. The van der Waals surface area contributed by atoms with Gasteiger partial charge in [-0.25, -0.2) is 0 Å². The summed E-state index contributed by atoms with van der Waals surface area (Å²) in [7, 11) is 0. The van der Waals surface area contributed by atoms with E-state index in [1.165, 1.54) is 6.42 Å². The normalized spacial score (nSPS) is 25.9. The molecule has 2 atom stereocenters. The summed E-state index contributed by atoms with van der Waals surface area (Å²) in [6.45, 7) is 7.40. The van der Waals surface area contributed by atoms with Crippen LogP contribution in [0.15, 0.2) is 24.3 Å². The predicted octanol–water partition coefficient (Wildman–Crippen LogP) is 4.62. The first kappa shape index (κ1) is 15.4. The van der Waals surface area contributed by atoms with Crippen molar-refractivity contribution >= 4 is 0 Å². The molecule has 0 radical (unpaired) electrons. The maximum atomic E-state index is 12.5. The number of alkyl halides is 3. The van der Waals surface area contributed by atoms with Gasteiger partial charge < -0.3 is 5.32 Å². The molecule has 0 aliphatic heterocycles. The Kier molecular flexibility index (Phi) is 4.14. The van der Waals surface area contributed by atoms with Crippen LogP contribution in [0.5, 0.6) is 0 Å². The Bertz CT molecular complexity index is 448. The van der Waals surface area contributed by atoms with Crippen LogP contribution in [0.4, 0.5) is 13.2 Å². The SMILES string of the molecule is CC1CC(C)(C)CC1NCc1ccc(C(F)(F)F)cc1. The summed E-state index contributed by atoms with van der Waals surface area (Å²) < 4.78 is 37.4. The zero-order valence-corrected chi connectivity index (χ0v) is 12.2. The van der Waals surface area contributed by atoms with Gasteiger partial charge in [0.05, 0.1) is 5.56 Å². The molecule has 112 valence electrons. The third-order valence-electron chi connectivity index (χ3n) is 4.18. The van der Waals surface area contributed by atoms with Gasteiger partial charge in [0.1, 0.15) is 0 Å². The second-order valence-corrected chi connectivity index (χ2v) is 6.73. The molecule has 1 aromatic carbocycles. The summed E-state index contributed by atoms with van der Waals surface area (Å²) in [6.07, 6.45) is -1.94. The van der Waals surface area contributed by atoms with E-state index in [0.29, 0.717) is 23.9 Å². The molecule has 0 amide bonds. The lowest BCUT2D eigenvalue weighted by Gasteiger charge is -2.19. The summed E-state index contributed by atoms with van der Waals surface area (Å²) in [5.41, 5.74) is 0.670. The van der Waals surface area contributed by atoms with E-state index in [-0.39, 0.29) is 0 Å². The van der Waals surface area contributed by atoms with Crippen molar-refractivity contribution in [1.29, 1.82) is 0 Å². The topological polar surface area (TPSA) is 12.0 Å². The maximum absolute atomic E-state index is 12.5. The molecule has 20 heavy (non-hydrogen) atoms. The smallest absolute Gasteiger partial charge is 0.310 e. The quantitative estimate of drug-likeness (QED) is 0.854. The fourth-order valence-corrected chi connectivity index (χ4v) is 3.23. The zero-order chi connectivity index (χ0) is 15.0. The van der Waals surface area contributed by atoms with Crippen molar-refractivity contribution in [3.05, 3.63) is 35.4 Å². The van der Waals surface area contributed by atoms with E-state index in [1.54, 1.807) is 12.1 Å². The Balaban J connectivity index is 1.92. The summed E-state index contributed by atoms with van der Waals surface area (Å²) in [6, 6.07) is 5.87. The molecular weight excluding hydrogens is 263 g/mol.